The predicted octanol–water partition coefficient (Wildman–Crippen LogP) is 2.36. The second-order valence-corrected chi connectivity index (χ2v) is 7.43. The van der Waals surface area contributed by atoms with Crippen LogP contribution in [0.25, 0.3) is 11.0 Å². The highest BCUT2D eigenvalue weighted by Gasteiger charge is 2.22. The molecule has 0 N–H and O–H groups in total. The number of nitriles is 1. The maximum atomic E-state index is 13.3. The lowest BCUT2D eigenvalue weighted by Gasteiger charge is -2.27. The number of anilines is 1. The van der Waals surface area contributed by atoms with Crippen LogP contribution in [-0.2, 0) is 13.1 Å². The van der Waals surface area contributed by atoms with Crippen molar-refractivity contribution in [1.82, 2.24) is 19.3 Å². The molecule has 0 atom stereocenters. The van der Waals surface area contributed by atoms with Crippen molar-refractivity contribution in [2.75, 3.05) is 18.0 Å². The highest BCUT2D eigenvalue weighted by atomic mass is 16.1. The van der Waals surface area contributed by atoms with Gasteiger partial charge in [-0.15, -0.1) is 5.92 Å². The van der Waals surface area contributed by atoms with Gasteiger partial charge in [0.2, 0.25) is 5.95 Å². The zero-order valence-corrected chi connectivity index (χ0v) is 17.3. The number of piperidine rings is 1. The molecule has 0 saturated carbocycles. The van der Waals surface area contributed by atoms with E-state index in [0.29, 0.717) is 28.7 Å². The minimum absolute atomic E-state index is 0.190. The molecule has 0 spiro atoms. The summed E-state index contributed by atoms with van der Waals surface area (Å²) in [5.41, 5.74) is 1.44. The molecule has 1 fully saturated rings. The fraction of sp³-hybridized carbons (Fsp3) is 0.348. The summed E-state index contributed by atoms with van der Waals surface area (Å²) in [6.45, 7) is 3.70. The summed E-state index contributed by atoms with van der Waals surface area (Å²) < 4.78 is 3.00. The molecule has 3 aromatic rings. The van der Waals surface area contributed by atoms with Gasteiger partial charge < -0.3 is 4.90 Å². The Hall–Kier alpha value is -3.91. The number of Topliss-reactive ketones (excluding diaryl/α,β-unsaturated/α-hetero) is 1. The van der Waals surface area contributed by atoms with E-state index in [0.717, 1.165) is 31.9 Å². The van der Waals surface area contributed by atoms with Crippen molar-refractivity contribution in [3.63, 3.8) is 0 Å². The molecule has 0 radical (unpaired) electrons. The summed E-state index contributed by atoms with van der Waals surface area (Å²) in [4.78, 5) is 32.8. The number of rotatable bonds is 5. The van der Waals surface area contributed by atoms with Gasteiger partial charge in [0, 0.05) is 18.7 Å². The van der Waals surface area contributed by atoms with Crippen molar-refractivity contribution < 1.29 is 4.79 Å². The minimum Gasteiger partial charge on any atom is -0.342 e. The van der Waals surface area contributed by atoms with Gasteiger partial charge in [0.05, 0.1) is 24.4 Å². The quantitative estimate of drug-likeness (QED) is 0.470. The first kappa shape index (κ1) is 20.4. The Balaban J connectivity index is 1.72. The number of nitrogens with zero attached hydrogens (tertiary/aromatic N) is 6. The SMILES string of the molecule is CC#CCn1c(N2CCCCC2)nc2cnn(CC(=O)c3ccc(C#N)cc3)c(=O)c21. The van der Waals surface area contributed by atoms with Crippen LogP contribution in [0.2, 0.25) is 0 Å². The van der Waals surface area contributed by atoms with Crippen LogP contribution in [0.5, 0.6) is 0 Å². The Morgan fingerprint density at radius 2 is 1.90 bits per heavy atom. The van der Waals surface area contributed by atoms with Gasteiger partial charge in [0.1, 0.15) is 17.6 Å². The minimum atomic E-state index is -0.367. The molecule has 2 aromatic heterocycles. The highest BCUT2D eigenvalue weighted by molar-refractivity contribution is 5.96. The molecule has 31 heavy (non-hydrogen) atoms. The number of hydrogen-bond donors (Lipinski definition) is 0. The summed E-state index contributed by atoms with van der Waals surface area (Å²) in [6, 6.07) is 8.35. The molecule has 156 valence electrons. The third-order valence-corrected chi connectivity index (χ3v) is 5.41. The molecule has 4 rings (SSSR count). The first-order valence-corrected chi connectivity index (χ1v) is 10.3. The number of ketones is 1. The lowest BCUT2D eigenvalue weighted by atomic mass is 10.1. The number of carbonyl (C=O) groups excluding carboxylic acids is 1. The fourth-order valence-corrected chi connectivity index (χ4v) is 3.79. The van der Waals surface area contributed by atoms with Gasteiger partial charge in [-0.1, -0.05) is 18.1 Å². The van der Waals surface area contributed by atoms with Crippen molar-refractivity contribution in [2.45, 2.75) is 39.3 Å². The summed E-state index contributed by atoms with van der Waals surface area (Å²) in [6.07, 6.45) is 4.90. The molecule has 3 heterocycles. The summed E-state index contributed by atoms with van der Waals surface area (Å²) in [5.74, 6) is 6.38. The van der Waals surface area contributed by atoms with Gasteiger partial charge in [-0.25, -0.2) is 9.67 Å². The van der Waals surface area contributed by atoms with E-state index in [4.69, 9.17) is 5.26 Å². The van der Waals surface area contributed by atoms with E-state index < -0.39 is 0 Å². The molecule has 8 nitrogen and oxygen atoms in total. The van der Waals surface area contributed by atoms with Gasteiger partial charge >= 0.3 is 0 Å². The maximum absolute atomic E-state index is 13.3. The first-order chi connectivity index (χ1) is 15.1. The monoisotopic (exact) mass is 414 g/mol. The highest BCUT2D eigenvalue weighted by Crippen LogP contribution is 2.23. The van der Waals surface area contributed by atoms with Crippen LogP contribution < -0.4 is 10.5 Å². The lowest BCUT2D eigenvalue weighted by Crippen LogP contribution is -2.32. The molecule has 1 aliphatic heterocycles. The molecule has 0 bridgehead atoms. The van der Waals surface area contributed by atoms with Gasteiger partial charge in [-0.3, -0.25) is 14.2 Å². The zero-order valence-electron chi connectivity index (χ0n) is 17.3. The molecule has 1 saturated heterocycles. The van der Waals surface area contributed by atoms with E-state index in [1.165, 1.54) is 17.3 Å². The average Bonchev–Trinajstić information content (AvgIpc) is 3.19. The van der Waals surface area contributed by atoms with Crippen molar-refractivity contribution in [3.05, 3.63) is 51.9 Å². The molecule has 8 heteroatoms. The van der Waals surface area contributed by atoms with E-state index >= 15 is 0 Å². The van der Waals surface area contributed by atoms with Gasteiger partial charge in [0.15, 0.2) is 5.78 Å². The van der Waals surface area contributed by atoms with Crippen LogP contribution in [0.4, 0.5) is 5.95 Å². The Morgan fingerprint density at radius 3 is 2.58 bits per heavy atom. The van der Waals surface area contributed by atoms with Crippen molar-refractivity contribution >= 4 is 22.8 Å². The fourth-order valence-electron chi connectivity index (χ4n) is 3.79. The molecule has 0 aliphatic carbocycles. The Kier molecular flexibility index (Phi) is 5.81. The third kappa shape index (κ3) is 4.06. The second kappa shape index (κ2) is 8.85. The van der Waals surface area contributed by atoms with E-state index in [1.54, 1.807) is 31.2 Å². The zero-order chi connectivity index (χ0) is 21.8. The molecule has 1 aromatic carbocycles. The molecular weight excluding hydrogens is 392 g/mol. The standard InChI is InChI=1S/C23H22N6O2/c1-2-3-13-28-21-19(26-23(28)27-11-5-4-6-12-27)15-25-29(22(21)31)16-20(30)18-9-7-17(14-24)8-10-18/h7-10,15H,4-6,11-13,16H2,1H3. The summed E-state index contributed by atoms with van der Waals surface area (Å²) in [5, 5.41) is 13.1. The van der Waals surface area contributed by atoms with Crippen molar-refractivity contribution in [2.24, 2.45) is 0 Å². The summed E-state index contributed by atoms with van der Waals surface area (Å²) in [7, 11) is 0. The maximum Gasteiger partial charge on any atom is 0.293 e. The van der Waals surface area contributed by atoms with Crippen LogP contribution in [0.3, 0.4) is 0 Å². The van der Waals surface area contributed by atoms with E-state index in [9.17, 15) is 9.59 Å². The third-order valence-electron chi connectivity index (χ3n) is 5.41. The van der Waals surface area contributed by atoms with Crippen LogP contribution >= 0.6 is 0 Å². The van der Waals surface area contributed by atoms with Crippen molar-refractivity contribution in [1.29, 1.82) is 5.26 Å². The lowest BCUT2D eigenvalue weighted by molar-refractivity contribution is 0.0966. The second-order valence-electron chi connectivity index (χ2n) is 7.43. The number of fused-ring (bicyclic) bond motifs is 1. The number of benzene rings is 1. The van der Waals surface area contributed by atoms with Gasteiger partial charge in [-0.05, 0) is 38.3 Å². The van der Waals surface area contributed by atoms with E-state index in [2.05, 4.69) is 26.8 Å². The van der Waals surface area contributed by atoms with E-state index in [-0.39, 0.29) is 17.9 Å². The topological polar surface area (TPSA) is 96.8 Å². The van der Waals surface area contributed by atoms with Crippen LogP contribution in [0, 0.1) is 23.2 Å². The predicted molar refractivity (Wildman–Crippen MR) is 117 cm³/mol. The van der Waals surface area contributed by atoms with Crippen LogP contribution in [0.15, 0.2) is 35.3 Å². The average molecular weight is 414 g/mol. The van der Waals surface area contributed by atoms with Gasteiger partial charge in [-0.2, -0.15) is 10.4 Å². The molecule has 1 aliphatic rings. The largest absolute Gasteiger partial charge is 0.342 e. The van der Waals surface area contributed by atoms with E-state index in [1.807, 2.05) is 10.6 Å². The normalized spacial score (nSPS) is 13.5. The number of aromatic nitrogens is 4. The van der Waals surface area contributed by atoms with Gasteiger partial charge in [0.25, 0.3) is 5.56 Å². The summed E-state index contributed by atoms with van der Waals surface area (Å²) >= 11 is 0. The van der Waals surface area contributed by atoms with Crippen molar-refractivity contribution in [3.8, 4) is 17.9 Å². The Labute approximate surface area is 179 Å². The Bertz CT molecular complexity index is 1280. The first-order valence-electron chi connectivity index (χ1n) is 10.3. The Morgan fingerprint density at radius 1 is 1.16 bits per heavy atom. The molecule has 0 unspecified atom stereocenters. The molecular formula is C23H22N6O2. The van der Waals surface area contributed by atoms with Crippen LogP contribution in [-0.4, -0.2) is 38.2 Å². The molecule has 0 amide bonds. The van der Waals surface area contributed by atoms with Crippen LogP contribution in [0.1, 0.15) is 42.1 Å². The number of imidazole rings is 1. The number of hydrogen-bond acceptors (Lipinski definition) is 6. The smallest absolute Gasteiger partial charge is 0.293 e. The number of carbonyl (C=O) groups is 1.